The van der Waals surface area contributed by atoms with Crippen LogP contribution in [0.25, 0.3) is 0 Å². The fraction of sp³-hybridized carbons (Fsp3) is 0.440. The maximum absolute atomic E-state index is 13.8. The average molecular weight is 555 g/mol. The quantitative estimate of drug-likeness (QED) is 0.325. The van der Waals surface area contributed by atoms with E-state index in [4.69, 9.17) is 11.6 Å². The first-order chi connectivity index (χ1) is 17.8. The predicted octanol–water partition coefficient (Wildman–Crippen LogP) is 3.43. The monoisotopic (exact) mass is 554 g/mol. The minimum atomic E-state index is -3.21. The molecule has 3 aliphatic rings. The van der Waals surface area contributed by atoms with E-state index in [1.165, 1.54) is 19.1 Å². The third-order valence-corrected chi connectivity index (χ3v) is 7.53. The van der Waals surface area contributed by atoms with Crippen LogP contribution < -0.4 is 10.6 Å². The standard InChI is InChI=1S/C25H23ClF4N4O4/c1-12-18(17-3-2-6-34(17)19(12)21(36)31-14-4-5-16(28)15(26)7-14)20(35)22(37)32-24(10-25(29,30)11-24)23(38)33-8-13(27)9-33/h4-5,7,13H,2-3,6,8-11H2,1H3,(H,31,36)(H,32,37). The van der Waals surface area contributed by atoms with E-state index in [2.05, 4.69) is 10.6 Å². The Bertz CT molecular complexity index is 1380. The summed E-state index contributed by atoms with van der Waals surface area (Å²) in [5.74, 6) is -7.67. The van der Waals surface area contributed by atoms with Crippen LogP contribution in [0.4, 0.5) is 23.2 Å². The molecule has 0 radical (unpaired) electrons. The number of carbonyl (C=O) groups is 4. The highest BCUT2D eigenvalue weighted by molar-refractivity contribution is 6.44. The van der Waals surface area contributed by atoms with E-state index in [0.717, 1.165) is 11.0 Å². The molecule has 202 valence electrons. The number of hydrogen-bond acceptors (Lipinski definition) is 4. The number of ketones is 1. The van der Waals surface area contributed by atoms with E-state index in [9.17, 15) is 36.7 Å². The molecule has 13 heteroatoms. The summed E-state index contributed by atoms with van der Waals surface area (Å²) in [5.41, 5.74) is -1.07. The summed E-state index contributed by atoms with van der Waals surface area (Å²) in [5, 5.41) is 4.62. The molecule has 2 aromatic rings. The maximum Gasteiger partial charge on any atom is 0.293 e. The van der Waals surface area contributed by atoms with Gasteiger partial charge in [-0.05, 0) is 43.5 Å². The van der Waals surface area contributed by atoms with Crippen LogP contribution in [0.3, 0.4) is 0 Å². The zero-order chi connectivity index (χ0) is 27.6. The Morgan fingerprint density at radius 2 is 1.82 bits per heavy atom. The average Bonchev–Trinajstić information content (AvgIpc) is 3.36. The van der Waals surface area contributed by atoms with Gasteiger partial charge in [0.2, 0.25) is 5.91 Å². The molecule has 38 heavy (non-hydrogen) atoms. The molecule has 8 nitrogen and oxygen atoms in total. The Morgan fingerprint density at radius 3 is 2.42 bits per heavy atom. The van der Waals surface area contributed by atoms with E-state index in [1.807, 2.05) is 0 Å². The van der Waals surface area contributed by atoms with Gasteiger partial charge < -0.3 is 20.1 Å². The van der Waals surface area contributed by atoms with Crippen molar-refractivity contribution in [1.29, 1.82) is 0 Å². The van der Waals surface area contributed by atoms with Crippen LogP contribution >= 0.6 is 11.6 Å². The summed E-state index contributed by atoms with van der Waals surface area (Å²) in [6.07, 6.45) is -2.28. The Balaban J connectivity index is 1.40. The molecule has 2 aliphatic heterocycles. The van der Waals surface area contributed by atoms with E-state index in [1.54, 1.807) is 4.57 Å². The molecule has 0 bridgehead atoms. The molecule has 1 saturated carbocycles. The first-order valence-electron chi connectivity index (χ1n) is 12.0. The molecule has 3 amide bonds. The highest BCUT2D eigenvalue weighted by Crippen LogP contribution is 2.47. The first kappa shape index (κ1) is 26.2. The number of hydrogen-bond donors (Lipinski definition) is 2. The zero-order valence-corrected chi connectivity index (χ0v) is 20.9. The number of anilines is 1. The summed E-state index contributed by atoms with van der Waals surface area (Å²) >= 11 is 5.78. The Kier molecular flexibility index (Phi) is 6.28. The van der Waals surface area contributed by atoms with Gasteiger partial charge in [-0.3, -0.25) is 19.2 Å². The molecule has 0 atom stereocenters. The number of carbonyl (C=O) groups excluding carboxylic acids is 4. The van der Waals surface area contributed by atoms with Crippen molar-refractivity contribution in [3.8, 4) is 0 Å². The summed E-state index contributed by atoms with van der Waals surface area (Å²) in [6.45, 7) is 1.35. The second-order valence-corrected chi connectivity index (χ2v) is 10.4. The largest absolute Gasteiger partial charge is 0.340 e. The fourth-order valence-corrected chi connectivity index (χ4v) is 5.66. The van der Waals surface area contributed by atoms with Crippen LogP contribution in [0.2, 0.25) is 5.02 Å². The highest BCUT2D eigenvalue weighted by atomic mass is 35.5. The maximum atomic E-state index is 13.8. The van der Waals surface area contributed by atoms with Crippen LogP contribution in [0, 0.1) is 12.7 Å². The molecular formula is C25H23ClF4N4O4. The van der Waals surface area contributed by atoms with Crippen molar-refractivity contribution in [3.63, 3.8) is 0 Å². The minimum absolute atomic E-state index is 0.0382. The van der Waals surface area contributed by atoms with E-state index < -0.39 is 59.8 Å². The molecule has 3 heterocycles. The third-order valence-electron chi connectivity index (χ3n) is 7.24. The smallest absolute Gasteiger partial charge is 0.293 e. The van der Waals surface area contributed by atoms with Gasteiger partial charge in [0, 0.05) is 30.8 Å². The van der Waals surface area contributed by atoms with Gasteiger partial charge in [-0.25, -0.2) is 17.6 Å². The van der Waals surface area contributed by atoms with Gasteiger partial charge in [-0.15, -0.1) is 0 Å². The predicted molar refractivity (Wildman–Crippen MR) is 128 cm³/mol. The number of aromatic nitrogens is 1. The van der Waals surface area contributed by atoms with Gasteiger partial charge in [-0.2, -0.15) is 0 Å². The molecule has 1 aromatic carbocycles. The number of Topliss-reactive ketones (excluding diaryl/α,β-unsaturated/α-hetero) is 1. The van der Waals surface area contributed by atoms with Crippen molar-refractivity contribution in [2.24, 2.45) is 0 Å². The van der Waals surface area contributed by atoms with Gasteiger partial charge >= 0.3 is 0 Å². The van der Waals surface area contributed by atoms with Crippen LogP contribution in [0.15, 0.2) is 18.2 Å². The lowest BCUT2D eigenvalue weighted by Crippen LogP contribution is -2.72. The van der Waals surface area contributed by atoms with Crippen molar-refractivity contribution in [2.75, 3.05) is 18.4 Å². The normalized spacial score (nSPS) is 19.3. The Labute approximate surface area is 219 Å². The first-order valence-corrected chi connectivity index (χ1v) is 12.4. The molecule has 1 aromatic heterocycles. The molecular weight excluding hydrogens is 532 g/mol. The summed E-state index contributed by atoms with van der Waals surface area (Å²) < 4.78 is 56.0. The SMILES string of the molecule is Cc1c(C(=O)C(=O)NC2(C(=O)N3CC(F)C3)CC(F)(F)C2)c2n(c1C(=O)Nc1ccc(F)c(Cl)c1)CCC2. The van der Waals surface area contributed by atoms with Crippen molar-refractivity contribution in [1.82, 2.24) is 14.8 Å². The summed E-state index contributed by atoms with van der Waals surface area (Å²) in [7, 11) is 0. The van der Waals surface area contributed by atoms with E-state index in [0.29, 0.717) is 25.1 Å². The van der Waals surface area contributed by atoms with Crippen molar-refractivity contribution in [2.45, 2.75) is 56.8 Å². The Hall–Kier alpha value is -3.41. The molecule has 2 N–H and O–H groups in total. The molecule has 0 unspecified atom stereocenters. The van der Waals surface area contributed by atoms with Crippen molar-refractivity contribution in [3.05, 3.63) is 51.6 Å². The van der Waals surface area contributed by atoms with Crippen molar-refractivity contribution >= 4 is 40.8 Å². The lowest BCUT2D eigenvalue weighted by atomic mass is 9.71. The van der Waals surface area contributed by atoms with Gasteiger partial charge in [0.15, 0.2) is 0 Å². The second kappa shape index (κ2) is 9.11. The van der Waals surface area contributed by atoms with Gasteiger partial charge in [0.1, 0.15) is 23.2 Å². The Morgan fingerprint density at radius 1 is 1.13 bits per heavy atom. The zero-order valence-electron chi connectivity index (χ0n) is 20.2. The number of rotatable bonds is 6. The van der Waals surface area contributed by atoms with Gasteiger partial charge in [-0.1, -0.05) is 11.6 Å². The fourth-order valence-electron chi connectivity index (χ4n) is 5.48. The number of benzene rings is 1. The van der Waals surface area contributed by atoms with Crippen LogP contribution in [-0.2, 0) is 22.6 Å². The molecule has 2 fully saturated rings. The number of halogens is 5. The number of nitrogens with one attached hydrogen (secondary N) is 2. The summed E-state index contributed by atoms with van der Waals surface area (Å²) in [6, 6.07) is 3.63. The molecule has 1 aliphatic carbocycles. The van der Waals surface area contributed by atoms with Crippen molar-refractivity contribution < 1.29 is 36.7 Å². The van der Waals surface area contributed by atoms with Crippen LogP contribution in [0.1, 0.15) is 51.4 Å². The minimum Gasteiger partial charge on any atom is -0.340 e. The van der Waals surface area contributed by atoms with Crippen LogP contribution in [-0.4, -0.2) is 63.7 Å². The topological polar surface area (TPSA) is 101 Å². The van der Waals surface area contributed by atoms with Crippen LogP contribution in [0.5, 0.6) is 0 Å². The third kappa shape index (κ3) is 4.34. The summed E-state index contributed by atoms with van der Waals surface area (Å²) in [4.78, 5) is 53.4. The number of likely N-dealkylation sites (tertiary alicyclic amines) is 1. The second-order valence-electron chi connectivity index (χ2n) is 10.0. The number of alkyl halides is 3. The van der Waals surface area contributed by atoms with Gasteiger partial charge in [0.05, 0.1) is 23.7 Å². The highest BCUT2D eigenvalue weighted by Gasteiger charge is 2.64. The van der Waals surface area contributed by atoms with Gasteiger partial charge in [0.25, 0.3) is 23.5 Å². The van der Waals surface area contributed by atoms with E-state index in [-0.39, 0.29) is 40.6 Å². The number of amides is 3. The molecule has 1 saturated heterocycles. The lowest BCUT2D eigenvalue weighted by Gasteiger charge is -2.50. The number of fused-ring (bicyclic) bond motifs is 1. The molecule has 0 spiro atoms. The number of nitrogens with zero attached hydrogens (tertiary/aromatic N) is 2. The van der Waals surface area contributed by atoms with E-state index >= 15 is 0 Å². The molecule has 5 rings (SSSR count). The lowest BCUT2D eigenvalue weighted by molar-refractivity contribution is -0.178.